The van der Waals surface area contributed by atoms with Crippen molar-refractivity contribution in [2.45, 2.75) is 19.4 Å². The van der Waals surface area contributed by atoms with Gasteiger partial charge in [0, 0.05) is 10.7 Å². The van der Waals surface area contributed by atoms with Gasteiger partial charge in [0.05, 0.1) is 11.7 Å². The summed E-state index contributed by atoms with van der Waals surface area (Å²) in [6.07, 6.45) is 2.85. The highest BCUT2D eigenvalue weighted by Gasteiger charge is 2.12. The topological polar surface area (TPSA) is 24.9 Å². The van der Waals surface area contributed by atoms with Gasteiger partial charge in [0.1, 0.15) is 0 Å². The van der Waals surface area contributed by atoms with E-state index in [2.05, 4.69) is 56.0 Å². The van der Waals surface area contributed by atoms with Crippen LogP contribution >= 0.6 is 27.3 Å². The maximum atomic E-state index is 4.47. The third-order valence-corrected chi connectivity index (χ3v) is 3.78. The van der Waals surface area contributed by atoms with Crippen molar-refractivity contribution in [3.05, 3.63) is 50.9 Å². The molecule has 2 aromatic rings. The van der Waals surface area contributed by atoms with E-state index in [0.717, 1.165) is 23.1 Å². The zero-order valence-electron chi connectivity index (χ0n) is 9.69. The molecule has 90 valence electrons. The predicted octanol–water partition coefficient (Wildman–Crippen LogP) is 3.80. The van der Waals surface area contributed by atoms with Crippen LogP contribution < -0.4 is 5.32 Å². The first kappa shape index (κ1) is 12.7. The van der Waals surface area contributed by atoms with Gasteiger partial charge in [0.2, 0.25) is 0 Å². The molecule has 0 spiro atoms. The highest BCUT2D eigenvalue weighted by molar-refractivity contribution is 9.10. The second-order valence-electron chi connectivity index (χ2n) is 3.85. The predicted molar refractivity (Wildman–Crippen MR) is 76.4 cm³/mol. The third-order valence-electron chi connectivity index (χ3n) is 2.58. The molecule has 1 atom stereocenters. The molecule has 0 amide bonds. The summed E-state index contributed by atoms with van der Waals surface area (Å²) < 4.78 is 1.02. The van der Waals surface area contributed by atoms with Gasteiger partial charge in [-0.05, 0) is 63.4 Å². The van der Waals surface area contributed by atoms with Gasteiger partial charge in [-0.3, -0.25) is 4.98 Å². The van der Waals surface area contributed by atoms with Crippen LogP contribution in [0.2, 0.25) is 0 Å². The normalized spacial score (nSPS) is 12.6. The lowest BCUT2D eigenvalue weighted by atomic mass is 10.1. The van der Waals surface area contributed by atoms with Crippen molar-refractivity contribution in [2.24, 2.45) is 0 Å². The number of hydrogen-bond donors (Lipinski definition) is 1. The van der Waals surface area contributed by atoms with Crippen LogP contribution in [0.3, 0.4) is 0 Å². The minimum Gasteiger partial charge on any atom is -0.309 e. The maximum absolute atomic E-state index is 4.47. The number of rotatable bonds is 5. The average molecular weight is 311 g/mol. The molecule has 1 unspecified atom stereocenters. The van der Waals surface area contributed by atoms with Crippen LogP contribution in [-0.2, 0) is 6.42 Å². The Balaban J connectivity index is 2.13. The van der Waals surface area contributed by atoms with Crippen molar-refractivity contribution in [1.82, 2.24) is 10.3 Å². The Morgan fingerprint density at radius 3 is 2.88 bits per heavy atom. The minimum atomic E-state index is 0.294. The highest BCUT2D eigenvalue weighted by atomic mass is 79.9. The lowest BCUT2D eigenvalue weighted by Crippen LogP contribution is -2.23. The lowest BCUT2D eigenvalue weighted by molar-refractivity contribution is 0.537. The summed E-state index contributed by atoms with van der Waals surface area (Å²) >= 11 is 5.15. The van der Waals surface area contributed by atoms with E-state index in [1.165, 1.54) is 5.56 Å². The first-order valence-corrected chi connectivity index (χ1v) is 7.39. The Morgan fingerprint density at radius 2 is 2.29 bits per heavy atom. The number of hydrogen-bond acceptors (Lipinski definition) is 3. The summed E-state index contributed by atoms with van der Waals surface area (Å²) in [5.74, 6) is 0. The number of aromatic nitrogens is 1. The molecule has 0 aliphatic heterocycles. The zero-order valence-corrected chi connectivity index (χ0v) is 12.1. The molecule has 0 aliphatic rings. The zero-order chi connectivity index (χ0) is 12.1. The summed E-state index contributed by atoms with van der Waals surface area (Å²) in [7, 11) is 0. The molecule has 1 N–H and O–H groups in total. The molecule has 17 heavy (non-hydrogen) atoms. The Labute approximate surface area is 114 Å². The van der Waals surface area contributed by atoms with Gasteiger partial charge in [0.25, 0.3) is 0 Å². The molecule has 2 nitrogen and oxygen atoms in total. The first-order valence-electron chi connectivity index (χ1n) is 5.65. The fourth-order valence-corrected chi connectivity index (χ4v) is 2.68. The van der Waals surface area contributed by atoms with E-state index in [0.29, 0.717) is 6.04 Å². The molecule has 2 rings (SSSR count). The molecular formula is C13H15BrN2S. The Kier molecular flexibility index (Phi) is 4.71. The number of halogens is 1. The van der Waals surface area contributed by atoms with Crippen molar-refractivity contribution in [3.63, 3.8) is 0 Å². The van der Waals surface area contributed by atoms with Crippen LogP contribution in [0, 0.1) is 0 Å². The highest BCUT2D eigenvalue weighted by Crippen LogP contribution is 2.19. The van der Waals surface area contributed by atoms with Crippen molar-refractivity contribution in [3.8, 4) is 0 Å². The van der Waals surface area contributed by atoms with Gasteiger partial charge < -0.3 is 5.32 Å². The Morgan fingerprint density at radius 1 is 1.41 bits per heavy atom. The monoisotopic (exact) mass is 310 g/mol. The van der Waals surface area contributed by atoms with Gasteiger partial charge in [-0.1, -0.05) is 6.92 Å². The van der Waals surface area contributed by atoms with E-state index in [4.69, 9.17) is 0 Å². The Hall–Kier alpha value is -0.710. The van der Waals surface area contributed by atoms with Crippen LogP contribution in [0.1, 0.15) is 24.2 Å². The van der Waals surface area contributed by atoms with Crippen LogP contribution in [-0.4, -0.2) is 11.5 Å². The summed E-state index contributed by atoms with van der Waals surface area (Å²) in [4.78, 5) is 4.47. The second kappa shape index (κ2) is 6.28. The van der Waals surface area contributed by atoms with Crippen LogP contribution in [0.15, 0.2) is 39.6 Å². The molecule has 0 radical (unpaired) electrons. The molecule has 2 aromatic heterocycles. The number of nitrogens with one attached hydrogen (secondary N) is 1. The van der Waals surface area contributed by atoms with Crippen molar-refractivity contribution >= 4 is 27.3 Å². The van der Waals surface area contributed by atoms with Gasteiger partial charge in [-0.15, -0.1) is 0 Å². The first-order chi connectivity index (χ1) is 8.29. The Bertz CT molecular complexity index is 439. The second-order valence-corrected chi connectivity index (χ2v) is 5.54. The van der Waals surface area contributed by atoms with Gasteiger partial charge in [0.15, 0.2) is 0 Å². The standard InChI is InChI=1S/C13H15BrN2S/c1-2-15-13(7-10-5-6-17-9-10)12-4-3-11(14)8-16-12/h3-6,8-9,13,15H,2,7H2,1H3. The molecule has 4 heteroatoms. The summed E-state index contributed by atoms with van der Waals surface area (Å²) in [5, 5.41) is 7.80. The SMILES string of the molecule is CCNC(Cc1ccsc1)c1ccc(Br)cn1. The van der Waals surface area contributed by atoms with E-state index in [1.807, 2.05) is 12.3 Å². The molecule has 2 heterocycles. The molecule has 0 fully saturated rings. The summed E-state index contributed by atoms with van der Waals surface area (Å²) in [6.45, 7) is 3.08. The minimum absolute atomic E-state index is 0.294. The molecular weight excluding hydrogens is 296 g/mol. The number of pyridine rings is 1. The molecule has 0 saturated carbocycles. The van der Waals surface area contributed by atoms with Gasteiger partial charge in [-0.25, -0.2) is 0 Å². The smallest absolute Gasteiger partial charge is 0.0577 e. The quantitative estimate of drug-likeness (QED) is 0.908. The molecule has 0 bridgehead atoms. The number of thiophene rings is 1. The maximum Gasteiger partial charge on any atom is 0.0577 e. The van der Waals surface area contributed by atoms with Crippen LogP contribution in [0.25, 0.3) is 0 Å². The van der Waals surface area contributed by atoms with Gasteiger partial charge in [-0.2, -0.15) is 11.3 Å². The fourth-order valence-electron chi connectivity index (χ4n) is 1.77. The van der Waals surface area contributed by atoms with E-state index in [9.17, 15) is 0 Å². The summed E-state index contributed by atoms with van der Waals surface area (Å²) in [6, 6.07) is 6.58. The van der Waals surface area contributed by atoms with Crippen molar-refractivity contribution < 1.29 is 0 Å². The van der Waals surface area contributed by atoms with Crippen LogP contribution in [0.4, 0.5) is 0 Å². The molecule has 0 saturated heterocycles. The number of nitrogens with zero attached hydrogens (tertiary/aromatic N) is 1. The van der Waals surface area contributed by atoms with Gasteiger partial charge >= 0.3 is 0 Å². The average Bonchev–Trinajstić information content (AvgIpc) is 2.82. The summed E-state index contributed by atoms with van der Waals surface area (Å²) in [5.41, 5.74) is 2.46. The van der Waals surface area contributed by atoms with Crippen LogP contribution in [0.5, 0.6) is 0 Å². The van der Waals surface area contributed by atoms with E-state index in [-0.39, 0.29) is 0 Å². The van der Waals surface area contributed by atoms with E-state index < -0.39 is 0 Å². The number of likely N-dealkylation sites (N-methyl/N-ethyl adjacent to an activating group) is 1. The molecule has 0 aliphatic carbocycles. The van der Waals surface area contributed by atoms with Crippen molar-refractivity contribution in [2.75, 3.05) is 6.54 Å². The fraction of sp³-hybridized carbons (Fsp3) is 0.308. The van der Waals surface area contributed by atoms with Crippen molar-refractivity contribution in [1.29, 1.82) is 0 Å². The molecule has 0 aromatic carbocycles. The largest absolute Gasteiger partial charge is 0.309 e. The van der Waals surface area contributed by atoms with E-state index >= 15 is 0 Å². The third kappa shape index (κ3) is 3.63. The lowest BCUT2D eigenvalue weighted by Gasteiger charge is -2.16. The van der Waals surface area contributed by atoms with E-state index in [1.54, 1.807) is 11.3 Å².